The molecule has 3 nitrogen and oxygen atoms in total. The second-order valence-electron chi connectivity index (χ2n) is 3.26. The zero-order valence-electron chi connectivity index (χ0n) is 8.48. The summed E-state index contributed by atoms with van der Waals surface area (Å²) < 4.78 is 36.2. The van der Waals surface area contributed by atoms with Crippen molar-refractivity contribution in [1.82, 2.24) is 10.2 Å². The summed E-state index contributed by atoms with van der Waals surface area (Å²) in [6.45, 7) is 1.85. The number of rotatable bonds is 4. The third kappa shape index (κ3) is 5.06. The molecule has 0 unspecified atom stereocenters. The first-order chi connectivity index (χ1) is 6.28. The Hall–Kier alpha value is -0.780. The molecule has 1 amide bonds. The summed E-state index contributed by atoms with van der Waals surface area (Å²) >= 11 is 0. The van der Waals surface area contributed by atoms with Crippen LogP contribution in [0.25, 0.3) is 0 Å². The van der Waals surface area contributed by atoms with E-state index in [4.69, 9.17) is 0 Å². The minimum Gasteiger partial charge on any atom is -0.330 e. The SMILES string of the molecule is CNCC(=O)N(CC(F)(F)F)C(C)C. The van der Waals surface area contributed by atoms with Gasteiger partial charge in [0, 0.05) is 6.04 Å². The lowest BCUT2D eigenvalue weighted by atomic mass is 10.3. The Labute approximate surface area is 81.3 Å². The highest BCUT2D eigenvalue weighted by Gasteiger charge is 2.33. The van der Waals surface area contributed by atoms with E-state index in [1.165, 1.54) is 7.05 Å². The summed E-state index contributed by atoms with van der Waals surface area (Å²) in [5.41, 5.74) is 0. The number of halogens is 3. The number of nitrogens with zero attached hydrogens (tertiary/aromatic N) is 1. The van der Waals surface area contributed by atoms with Crippen molar-refractivity contribution in [3.8, 4) is 0 Å². The van der Waals surface area contributed by atoms with E-state index in [9.17, 15) is 18.0 Å². The maximum atomic E-state index is 12.1. The maximum Gasteiger partial charge on any atom is 0.406 e. The van der Waals surface area contributed by atoms with Crippen molar-refractivity contribution in [1.29, 1.82) is 0 Å². The van der Waals surface area contributed by atoms with Gasteiger partial charge in [-0.15, -0.1) is 0 Å². The van der Waals surface area contributed by atoms with E-state index in [2.05, 4.69) is 5.32 Å². The fraction of sp³-hybridized carbons (Fsp3) is 0.875. The van der Waals surface area contributed by atoms with Gasteiger partial charge in [0.2, 0.25) is 5.91 Å². The van der Waals surface area contributed by atoms with Crippen LogP contribution in [0.15, 0.2) is 0 Å². The van der Waals surface area contributed by atoms with Gasteiger partial charge >= 0.3 is 6.18 Å². The van der Waals surface area contributed by atoms with Crippen LogP contribution in [0, 0.1) is 0 Å². The van der Waals surface area contributed by atoms with Crippen molar-refractivity contribution < 1.29 is 18.0 Å². The van der Waals surface area contributed by atoms with E-state index in [1.54, 1.807) is 13.8 Å². The molecule has 0 aromatic heterocycles. The molecule has 0 radical (unpaired) electrons. The van der Waals surface area contributed by atoms with E-state index in [-0.39, 0.29) is 6.54 Å². The average molecular weight is 212 g/mol. The van der Waals surface area contributed by atoms with Crippen molar-refractivity contribution in [3.05, 3.63) is 0 Å². The molecule has 84 valence electrons. The highest BCUT2D eigenvalue weighted by molar-refractivity contribution is 5.78. The highest BCUT2D eigenvalue weighted by Crippen LogP contribution is 2.17. The van der Waals surface area contributed by atoms with E-state index in [0.29, 0.717) is 0 Å². The summed E-state index contributed by atoms with van der Waals surface area (Å²) in [7, 11) is 1.52. The molecule has 14 heavy (non-hydrogen) atoms. The molecule has 1 N–H and O–H groups in total. The fourth-order valence-corrected chi connectivity index (χ4v) is 1.00. The lowest BCUT2D eigenvalue weighted by Gasteiger charge is -2.27. The number of carbonyl (C=O) groups is 1. The summed E-state index contributed by atoms with van der Waals surface area (Å²) in [6, 6.07) is -0.447. The lowest BCUT2D eigenvalue weighted by molar-refractivity contribution is -0.163. The van der Waals surface area contributed by atoms with Crippen molar-refractivity contribution in [2.75, 3.05) is 20.1 Å². The second-order valence-corrected chi connectivity index (χ2v) is 3.26. The first-order valence-electron chi connectivity index (χ1n) is 4.28. The quantitative estimate of drug-likeness (QED) is 0.754. The number of hydrogen-bond donors (Lipinski definition) is 1. The Bertz CT molecular complexity index is 192. The summed E-state index contributed by atoms with van der Waals surface area (Å²) in [5, 5.41) is 2.53. The van der Waals surface area contributed by atoms with Gasteiger partial charge in [0.15, 0.2) is 0 Å². The Morgan fingerprint density at radius 3 is 2.21 bits per heavy atom. The van der Waals surface area contributed by atoms with Crippen LogP contribution >= 0.6 is 0 Å². The van der Waals surface area contributed by atoms with Gasteiger partial charge in [-0.05, 0) is 20.9 Å². The molecule has 0 aromatic carbocycles. The molecule has 0 saturated carbocycles. The van der Waals surface area contributed by atoms with Crippen LogP contribution < -0.4 is 5.32 Å². The van der Waals surface area contributed by atoms with Crippen molar-refractivity contribution in [2.24, 2.45) is 0 Å². The van der Waals surface area contributed by atoms with E-state index in [1.807, 2.05) is 0 Å². The van der Waals surface area contributed by atoms with Crippen LogP contribution in [0.5, 0.6) is 0 Å². The smallest absolute Gasteiger partial charge is 0.330 e. The molecule has 0 spiro atoms. The van der Waals surface area contributed by atoms with Gasteiger partial charge in [0.1, 0.15) is 6.54 Å². The monoisotopic (exact) mass is 212 g/mol. The number of alkyl halides is 3. The molecule has 0 aliphatic carbocycles. The van der Waals surface area contributed by atoms with Gasteiger partial charge in [-0.1, -0.05) is 0 Å². The summed E-state index contributed by atoms with van der Waals surface area (Å²) in [4.78, 5) is 12.0. The Kier molecular flexibility index (Phi) is 4.90. The molecule has 0 aliphatic rings. The number of carbonyl (C=O) groups excluding carboxylic acids is 1. The van der Waals surface area contributed by atoms with Gasteiger partial charge in [-0.3, -0.25) is 4.79 Å². The highest BCUT2D eigenvalue weighted by atomic mass is 19.4. The first kappa shape index (κ1) is 13.2. The second kappa shape index (κ2) is 5.19. The molecule has 0 atom stereocenters. The van der Waals surface area contributed by atoms with E-state index < -0.39 is 24.7 Å². The van der Waals surface area contributed by atoms with E-state index in [0.717, 1.165) is 4.90 Å². The lowest BCUT2D eigenvalue weighted by Crippen LogP contribution is -2.46. The minimum atomic E-state index is -4.34. The normalized spacial score (nSPS) is 11.9. The molecular weight excluding hydrogens is 197 g/mol. The third-order valence-electron chi connectivity index (χ3n) is 1.62. The molecule has 0 rings (SSSR count). The topological polar surface area (TPSA) is 32.3 Å². The Balaban J connectivity index is 4.37. The predicted octanol–water partition coefficient (Wildman–Crippen LogP) is 1.01. The summed E-state index contributed by atoms with van der Waals surface area (Å²) in [5.74, 6) is -0.542. The third-order valence-corrected chi connectivity index (χ3v) is 1.62. The molecule has 6 heteroatoms. The van der Waals surface area contributed by atoms with Gasteiger partial charge < -0.3 is 10.2 Å². The number of hydrogen-bond acceptors (Lipinski definition) is 2. The first-order valence-corrected chi connectivity index (χ1v) is 4.28. The zero-order chi connectivity index (χ0) is 11.4. The molecular formula is C8H15F3N2O. The number of nitrogens with one attached hydrogen (secondary N) is 1. The van der Waals surface area contributed by atoms with Crippen molar-refractivity contribution >= 4 is 5.91 Å². The van der Waals surface area contributed by atoms with Crippen LogP contribution in [0.4, 0.5) is 13.2 Å². The average Bonchev–Trinajstić information content (AvgIpc) is 1.98. The maximum absolute atomic E-state index is 12.1. The van der Waals surface area contributed by atoms with Crippen LogP contribution in [-0.2, 0) is 4.79 Å². The Morgan fingerprint density at radius 1 is 1.43 bits per heavy atom. The van der Waals surface area contributed by atoms with Crippen molar-refractivity contribution in [3.63, 3.8) is 0 Å². The molecule has 0 aliphatic heterocycles. The van der Waals surface area contributed by atoms with Crippen LogP contribution in [0.2, 0.25) is 0 Å². The molecule has 0 heterocycles. The van der Waals surface area contributed by atoms with E-state index >= 15 is 0 Å². The minimum absolute atomic E-state index is 0.0751. The van der Waals surface area contributed by atoms with Crippen LogP contribution in [0.3, 0.4) is 0 Å². The van der Waals surface area contributed by atoms with Crippen LogP contribution in [-0.4, -0.2) is 43.2 Å². The summed E-state index contributed by atoms with van der Waals surface area (Å²) in [6.07, 6.45) is -4.34. The molecule has 0 fully saturated rings. The fourth-order valence-electron chi connectivity index (χ4n) is 1.00. The molecule has 0 bridgehead atoms. The Morgan fingerprint density at radius 2 is 1.93 bits per heavy atom. The van der Waals surface area contributed by atoms with Crippen molar-refractivity contribution in [2.45, 2.75) is 26.1 Å². The van der Waals surface area contributed by atoms with Gasteiger partial charge in [0.25, 0.3) is 0 Å². The zero-order valence-corrected chi connectivity index (χ0v) is 8.48. The van der Waals surface area contributed by atoms with Crippen LogP contribution in [0.1, 0.15) is 13.8 Å². The van der Waals surface area contributed by atoms with Gasteiger partial charge in [-0.25, -0.2) is 0 Å². The number of amides is 1. The van der Waals surface area contributed by atoms with Gasteiger partial charge in [0.05, 0.1) is 6.54 Å². The standard InChI is InChI=1S/C8H15F3N2O/c1-6(2)13(5-8(9,10)11)7(14)4-12-3/h6,12H,4-5H2,1-3H3. The molecule has 0 aromatic rings. The predicted molar refractivity (Wildman–Crippen MR) is 46.8 cm³/mol. The molecule has 0 saturated heterocycles. The van der Waals surface area contributed by atoms with Gasteiger partial charge in [-0.2, -0.15) is 13.2 Å². The largest absolute Gasteiger partial charge is 0.406 e. The number of likely N-dealkylation sites (N-methyl/N-ethyl adjacent to an activating group) is 1.